The molecule has 2 heterocycles. The zero-order valence-electron chi connectivity index (χ0n) is 15.4. The van der Waals surface area contributed by atoms with Crippen molar-refractivity contribution in [3.05, 3.63) is 88.7 Å². The molecule has 1 aliphatic heterocycles. The van der Waals surface area contributed by atoms with Crippen molar-refractivity contribution in [2.75, 3.05) is 10.8 Å². The fraction of sp³-hybridized carbons (Fsp3) is 0.143. The Balaban J connectivity index is 1.53. The number of hydrogen-bond donors (Lipinski definition) is 1. The number of hydrogen-bond acceptors (Lipinski definition) is 4. The molecule has 3 aromatic rings. The van der Waals surface area contributed by atoms with Crippen molar-refractivity contribution < 1.29 is 13.2 Å². The number of nitrogens with zero attached hydrogens (tertiary/aromatic N) is 2. The van der Waals surface area contributed by atoms with E-state index < -0.39 is 10.0 Å². The standard InChI is InChI=1S/C21H18ClN3O3S/c22-18-4-6-19(7-5-18)29(27,28)25-11-9-16-12-17(3-8-20(16)25)21(26)24-14-15-2-1-10-23-13-15/h1-8,10,12-13H,9,11,14H2,(H,24,26). The minimum Gasteiger partial charge on any atom is -0.348 e. The molecule has 8 heteroatoms. The van der Waals surface area contributed by atoms with Crippen LogP contribution in [0, 0.1) is 0 Å². The average Bonchev–Trinajstić information content (AvgIpc) is 3.17. The van der Waals surface area contributed by atoms with Crippen molar-refractivity contribution in [3.63, 3.8) is 0 Å². The zero-order valence-corrected chi connectivity index (χ0v) is 16.9. The van der Waals surface area contributed by atoms with Gasteiger partial charge in [0.05, 0.1) is 10.6 Å². The number of anilines is 1. The first-order chi connectivity index (χ1) is 13.9. The van der Waals surface area contributed by atoms with Crippen LogP contribution in [-0.2, 0) is 23.0 Å². The Kier molecular flexibility index (Phi) is 5.25. The summed E-state index contributed by atoms with van der Waals surface area (Å²) in [5.74, 6) is -0.212. The highest BCUT2D eigenvalue weighted by Gasteiger charge is 2.31. The lowest BCUT2D eigenvalue weighted by atomic mass is 10.1. The lowest BCUT2D eigenvalue weighted by molar-refractivity contribution is 0.0951. The summed E-state index contributed by atoms with van der Waals surface area (Å²) in [6, 6.07) is 14.9. The quantitative estimate of drug-likeness (QED) is 0.676. The van der Waals surface area contributed by atoms with Gasteiger partial charge in [0.1, 0.15) is 0 Å². The number of aromatic nitrogens is 1. The van der Waals surface area contributed by atoms with Gasteiger partial charge in [-0.15, -0.1) is 0 Å². The first-order valence-corrected chi connectivity index (χ1v) is 10.9. The van der Waals surface area contributed by atoms with Crippen LogP contribution in [0.15, 0.2) is 71.9 Å². The molecule has 6 nitrogen and oxygen atoms in total. The third-order valence-electron chi connectivity index (χ3n) is 4.77. The fourth-order valence-electron chi connectivity index (χ4n) is 3.28. The van der Waals surface area contributed by atoms with Crippen LogP contribution in [-0.4, -0.2) is 25.9 Å². The summed E-state index contributed by atoms with van der Waals surface area (Å²) in [6.07, 6.45) is 3.92. The molecule has 2 aromatic carbocycles. The fourth-order valence-corrected chi connectivity index (χ4v) is 4.91. The van der Waals surface area contributed by atoms with Crippen molar-refractivity contribution in [1.82, 2.24) is 10.3 Å². The number of rotatable bonds is 5. The lowest BCUT2D eigenvalue weighted by Gasteiger charge is -2.19. The van der Waals surface area contributed by atoms with Gasteiger partial charge in [-0.05, 0) is 66.1 Å². The summed E-state index contributed by atoms with van der Waals surface area (Å²) in [7, 11) is -3.68. The molecule has 0 bridgehead atoms. The van der Waals surface area contributed by atoms with Crippen LogP contribution in [0.1, 0.15) is 21.5 Å². The van der Waals surface area contributed by atoms with Crippen LogP contribution in [0.2, 0.25) is 5.02 Å². The normalized spacial score (nSPS) is 13.2. The summed E-state index contributed by atoms with van der Waals surface area (Å²) in [4.78, 5) is 16.7. The predicted molar refractivity (Wildman–Crippen MR) is 112 cm³/mol. The third-order valence-corrected chi connectivity index (χ3v) is 6.85. The molecule has 0 saturated heterocycles. The molecular weight excluding hydrogens is 410 g/mol. The lowest BCUT2D eigenvalue weighted by Crippen LogP contribution is -2.29. The summed E-state index contributed by atoms with van der Waals surface area (Å²) in [5.41, 5.74) is 2.83. The number of pyridine rings is 1. The van der Waals surface area contributed by atoms with Gasteiger partial charge in [0.2, 0.25) is 0 Å². The molecule has 0 atom stereocenters. The van der Waals surface area contributed by atoms with Crippen molar-refractivity contribution in [3.8, 4) is 0 Å². The van der Waals surface area contributed by atoms with E-state index in [0.29, 0.717) is 35.8 Å². The Morgan fingerprint density at radius 2 is 1.93 bits per heavy atom. The second-order valence-electron chi connectivity index (χ2n) is 6.67. The Bertz CT molecular complexity index is 1150. The van der Waals surface area contributed by atoms with E-state index in [4.69, 9.17) is 11.6 Å². The minimum absolute atomic E-state index is 0.188. The van der Waals surface area contributed by atoms with Crippen molar-refractivity contribution in [1.29, 1.82) is 0 Å². The van der Waals surface area contributed by atoms with E-state index in [0.717, 1.165) is 11.1 Å². The summed E-state index contributed by atoms with van der Waals surface area (Å²) < 4.78 is 27.3. The van der Waals surface area contributed by atoms with E-state index in [9.17, 15) is 13.2 Å². The molecule has 0 fully saturated rings. The van der Waals surface area contributed by atoms with Gasteiger partial charge in [0, 0.05) is 36.1 Å². The first kappa shape index (κ1) is 19.4. The van der Waals surface area contributed by atoms with E-state index in [1.807, 2.05) is 12.1 Å². The number of nitrogens with one attached hydrogen (secondary N) is 1. The highest BCUT2D eigenvalue weighted by molar-refractivity contribution is 7.92. The van der Waals surface area contributed by atoms with Crippen molar-refractivity contribution >= 4 is 33.2 Å². The average molecular weight is 428 g/mol. The Labute approximate surface area is 174 Å². The second-order valence-corrected chi connectivity index (χ2v) is 8.97. The SMILES string of the molecule is O=C(NCc1cccnc1)c1ccc2c(c1)CCN2S(=O)(=O)c1ccc(Cl)cc1. The van der Waals surface area contributed by atoms with Gasteiger partial charge in [-0.2, -0.15) is 0 Å². The Morgan fingerprint density at radius 1 is 1.14 bits per heavy atom. The summed E-state index contributed by atoms with van der Waals surface area (Å²) in [5, 5.41) is 3.34. The summed E-state index contributed by atoms with van der Waals surface area (Å²) >= 11 is 5.86. The number of fused-ring (bicyclic) bond motifs is 1. The Hall–Kier alpha value is -2.90. The molecule has 0 radical (unpaired) electrons. The minimum atomic E-state index is -3.68. The maximum Gasteiger partial charge on any atom is 0.264 e. The van der Waals surface area contributed by atoms with Crippen molar-refractivity contribution in [2.24, 2.45) is 0 Å². The number of halogens is 1. The molecule has 1 N–H and O–H groups in total. The van der Waals surface area contributed by atoms with Crippen LogP contribution in [0.5, 0.6) is 0 Å². The molecule has 0 saturated carbocycles. The van der Waals surface area contributed by atoms with Gasteiger partial charge < -0.3 is 5.32 Å². The van der Waals surface area contributed by atoms with E-state index >= 15 is 0 Å². The molecule has 4 rings (SSSR count). The van der Waals surface area contributed by atoms with Crippen molar-refractivity contribution in [2.45, 2.75) is 17.9 Å². The number of carbonyl (C=O) groups excluding carboxylic acids is 1. The van der Waals surface area contributed by atoms with E-state index in [1.54, 1.807) is 42.7 Å². The molecule has 0 aliphatic carbocycles. The smallest absolute Gasteiger partial charge is 0.264 e. The monoisotopic (exact) mass is 427 g/mol. The van der Waals surface area contributed by atoms with E-state index in [2.05, 4.69) is 10.3 Å². The molecule has 0 unspecified atom stereocenters. The second kappa shape index (κ2) is 7.85. The topological polar surface area (TPSA) is 79.4 Å². The molecule has 1 aromatic heterocycles. The molecular formula is C21H18ClN3O3S. The maximum atomic E-state index is 13.0. The predicted octanol–water partition coefficient (Wildman–Crippen LogP) is 3.42. The van der Waals surface area contributed by atoms with Crippen LogP contribution in [0.4, 0.5) is 5.69 Å². The molecule has 1 amide bonds. The first-order valence-electron chi connectivity index (χ1n) is 9.03. The largest absolute Gasteiger partial charge is 0.348 e. The molecule has 29 heavy (non-hydrogen) atoms. The molecule has 148 valence electrons. The van der Waals surface area contributed by atoms with Gasteiger partial charge in [0.15, 0.2) is 0 Å². The van der Waals surface area contributed by atoms with Crippen LogP contribution in [0.25, 0.3) is 0 Å². The van der Waals surface area contributed by atoms with Gasteiger partial charge in [-0.3, -0.25) is 14.1 Å². The molecule has 0 spiro atoms. The molecule has 1 aliphatic rings. The highest BCUT2D eigenvalue weighted by atomic mass is 35.5. The Morgan fingerprint density at radius 3 is 2.66 bits per heavy atom. The van der Waals surface area contributed by atoms with E-state index in [-0.39, 0.29) is 10.8 Å². The third kappa shape index (κ3) is 3.97. The zero-order chi connectivity index (χ0) is 20.4. The number of carbonyl (C=O) groups is 1. The van der Waals surface area contributed by atoms with Crippen LogP contribution in [0.3, 0.4) is 0 Å². The van der Waals surface area contributed by atoms with E-state index in [1.165, 1.54) is 16.4 Å². The maximum absolute atomic E-state index is 13.0. The van der Waals surface area contributed by atoms with Crippen LogP contribution < -0.4 is 9.62 Å². The van der Waals surface area contributed by atoms with Gasteiger partial charge >= 0.3 is 0 Å². The van der Waals surface area contributed by atoms with Crippen LogP contribution >= 0.6 is 11.6 Å². The summed E-state index contributed by atoms with van der Waals surface area (Å²) in [6.45, 7) is 0.710. The number of amides is 1. The van der Waals surface area contributed by atoms with Gasteiger partial charge in [-0.25, -0.2) is 8.42 Å². The highest BCUT2D eigenvalue weighted by Crippen LogP contribution is 2.33. The number of sulfonamides is 1. The van der Waals surface area contributed by atoms with Gasteiger partial charge in [0.25, 0.3) is 15.9 Å². The number of benzene rings is 2. The van der Waals surface area contributed by atoms with Gasteiger partial charge in [-0.1, -0.05) is 17.7 Å².